The number of aromatic nitrogens is 2. The van der Waals surface area contributed by atoms with Crippen molar-refractivity contribution in [1.82, 2.24) is 9.78 Å². The van der Waals surface area contributed by atoms with Gasteiger partial charge < -0.3 is 9.47 Å². The molecule has 0 aliphatic carbocycles. The highest BCUT2D eigenvalue weighted by atomic mass is 16.5. The number of hydrogen-bond acceptors (Lipinski definition) is 5. The van der Waals surface area contributed by atoms with Gasteiger partial charge >= 0.3 is 0 Å². The van der Waals surface area contributed by atoms with Gasteiger partial charge in [0, 0.05) is 0 Å². The quantitative estimate of drug-likeness (QED) is 0.781. The number of benzene rings is 1. The lowest BCUT2D eigenvalue weighted by atomic mass is 10.1. The molecule has 24 heavy (non-hydrogen) atoms. The molecule has 0 N–H and O–H groups in total. The van der Waals surface area contributed by atoms with Crippen LogP contribution in [0, 0.1) is 25.2 Å². The summed E-state index contributed by atoms with van der Waals surface area (Å²) in [5, 5.41) is 13.3. The Morgan fingerprint density at radius 3 is 2.25 bits per heavy atom. The van der Waals surface area contributed by atoms with Crippen LogP contribution in [0.2, 0.25) is 0 Å². The minimum Gasteiger partial charge on any atom is -0.494 e. The summed E-state index contributed by atoms with van der Waals surface area (Å²) in [5.41, 5.74) is 1.05. The van der Waals surface area contributed by atoms with Crippen LogP contribution in [0.5, 0.6) is 11.5 Å². The van der Waals surface area contributed by atoms with E-state index >= 15 is 0 Å². The van der Waals surface area contributed by atoms with Gasteiger partial charge in [-0.2, -0.15) is 10.4 Å². The first-order chi connectivity index (χ1) is 11.6. The number of aryl methyl sites for hydroxylation is 1. The Hall–Kier alpha value is -2.81. The SMILES string of the molecule is CCCOc1ccc(OCCn2nc(C)c(C)c(C#N)c2=O)cc1. The van der Waals surface area contributed by atoms with Gasteiger partial charge in [0.25, 0.3) is 5.56 Å². The molecule has 126 valence electrons. The molecule has 2 aromatic rings. The second-order valence-corrected chi connectivity index (χ2v) is 5.39. The van der Waals surface area contributed by atoms with Crippen molar-refractivity contribution in [2.75, 3.05) is 13.2 Å². The number of rotatable bonds is 7. The maximum absolute atomic E-state index is 12.2. The van der Waals surface area contributed by atoms with Crippen molar-refractivity contribution in [3.05, 3.63) is 51.4 Å². The van der Waals surface area contributed by atoms with Gasteiger partial charge in [-0.05, 0) is 50.1 Å². The number of ether oxygens (including phenoxy) is 2. The predicted octanol–water partition coefficient (Wildman–Crippen LogP) is 2.60. The maximum Gasteiger partial charge on any atom is 0.285 e. The first-order valence-electron chi connectivity index (χ1n) is 7.91. The van der Waals surface area contributed by atoms with Crippen LogP contribution >= 0.6 is 0 Å². The van der Waals surface area contributed by atoms with Gasteiger partial charge in [0.2, 0.25) is 0 Å². The lowest BCUT2D eigenvalue weighted by molar-refractivity contribution is 0.285. The first-order valence-corrected chi connectivity index (χ1v) is 7.91. The summed E-state index contributed by atoms with van der Waals surface area (Å²) in [6.07, 6.45) is 0.959. The highest BCUT2D eigenvalue weighted by molar-refractivity contribution is 5.36. The molecule has 6 heteroatoms. The van der Waals surface area contributed by atoms with Gasteiger partial charge in [-0.3, -0.25) is 4.79 Å². The smallest absolute Gasteiger partial charge is 0.285 e. The Morgan fingerprint density at radius 2 is 1.71 bits per heavy atom. The maximum atomic E-state index is 12.2. The molecule has 0 unspecified atom stereocenters. The Morgan fingerprint density at radius 1 is 1.12 bits per heavy atom. The van der Waals surface area contributed by atoms with Crippen molar-refractivity contribution in [2.24, 2.45) is 0 Å². The lowest BCUT2D eigenvalue weighted by Crippen LogP contribution is -2.29. The van der Waals surface area contributed by atoms with Crippen LogP contribution in [-0.4, -0.2) is 23.0 Å². The number of nitrogens with zero attached hydrogens (tertiary/aromatic N) is 3. The summed E-state index contributed by atoms with van der Waals surface area (Å²) in [7, 11) is 0. The van der Waals surface area contributed by atoms with Gasteiger partial charge in [-0.25, -0.2) is 4.68 Å². The van der Waals surface area contributed by atoms with Crippen molar-refractivity contribution < 1.29 is 9.47 Å². The summed E-state index contributed by atoms with van der Waals surface area (Å²) in [4.78, 5) is 12.2. The van der Waals surface area contributed by atoms with E-state index in [1.807, 2.05) is 30.3 Å². The van der Waals surface area contributed by atoms with E-state index in [4.69, 9.17) is 14.7 Å². The fourth-order valence-electron chi connectivity index (χ4n) is 2.16. The Kier molecular flexibility index (Phi) is 5.96. The summed E-state index contributed by atoms with van der Waals surface area (Å²) in [6.45, 7) is 6.81. The van der Waals surface area contributed by atoms with Gasteiger partial charge in [-0.15, -0.1) is 0 Å². The zero-order valence-corrected chi connectivity index (χ0v) is 14.2. The lowest BCUT2D eigenvalue weighted by Gasteiger charge is -2.11. The third-order valence-electron chi connectivity index (χ3n) is 3.62. The van der Waals surface area contributed by atoms with E-state index in [1.165, 1.54) is 4.68 Å². The average Bonchev–Trinajstić information content (AvgIpc) is 2.59. The second kappa shape index (κ2) is 8.16. The molecule has 1 aromatic carbocycles. The molecule has 0 saturated heterocycles. The third kappa shape index (κ3) is 4.13. The van der Waals surface area contributed by atoms with Crippen molar-refractivity contribution in [3.63, 3.8) is 0 Å². The fourth-order valence-corrected chi connectivity index (χ4v) is 2.16. The van der Waals surface area contributed by atoms with E-state index in [0.29, 0.717) is 23.6 Å². The minimum atomic E-state index is -0.382. The summed E-state index contributed by atoms with van der Waals surface area (Å²) in [5.74, 6) is 1.49. The summed E-state index contributed by atoms with van der Waals surface area (Å²) in [6, 6.07) is 9.28. The van der Waals surface area contributed by atoms with Crippen LogP contribution < -0.4 is 15.0 Å². The van der Waals surface area contributed by atoms with Crippen molar-refractivity contribution >= 4 is 0 Å². The molecule has 0 aliphatic rings. The zero-order valence-electron chi connectivity index (χ0n) is 14.2. The summed E-state index contributed by atoms with van der Waals surface area (Å²) >= 11 is 0. The molecule has 1 heterocycles. The molecule has 0 radical (unpaired) electrons. The largest absolute Gasteiger partial charge is 0.494 e. The van der Waals surface area contributed by atoms with Gasteiger partial charge in [0.15, 0.2) is 0 Å². The highest BCUT2D eigenvalue weighted by Gasteiger charge is 2.11. The van der Waals surface area contributed by atoms with Gasteiger partial charge in [0.05, 0.1) is 18.8 Å². The van der Waals surface area contributed by atoms with Crippen molar-refractivity contribution in [1.29, 1.82) is 5.26 Å². The van der Waals surface area contributed by atoms with E-state index in [0.717, 1.165) is 12.2 Å². The molecule has 0 aliphatic heterocycles. The van der Waals surface area contributed by atoms with Crippen LogP contribution in [0.1, 0.15) is 30.2 Å². The molecule has 0 bridgehead atoms. The van der Waals surface area contributed by atoms with E-state index < -0.39 is 0 Å². The van der Waals surface area contributed by atoms with Crippen LogP contribution in [0.15, 0.2) is 29.1 Å². The van der Waals surface area contributed by atoms with Crippen LogP contribution in [0.3, 0.4) is 0 Å². The predicted molar refractivity (Wildman–Crippen MR) is 90.4 cm³/mol. The topological polar surface area (TPSA) is 77.1 Å². The van der Waals surface area contributed by atoms with E-state index in [2.05, 4.69) is 12.0 Å². The highest BCUT2D eigenvalue weighted by Crippen LogP contribution is 2.17. The molecule has 1 aromatic heterocycles. The third-order valence-corrected chi connectivity index (χ3v) is 3.62. The monoisotopic (exact) mass is 327 g/mol. The molecule has 0 saturated carbocycles. The first kappa shape index (κ1) is 17.5. The van der Waals surface area contributed by atoms with E-state index in [1.54, 1.807) is 13.8 Å². The number of hydrogen-bond donors (Lipinski definition) is 0. The zero-order chi connectivity index (χ0) is 17.5. The molecular formula is C18H21N3O3. The standard InChI is InChI=1S/C18H21N3O3/c1-4-10-23-15-5-7-16(8-6-15)24-11-9-21-18(22)17(12-19)13(2)14(3)20-21/h5-8H,4,9-11H2,1-3H3. The molecule has 0 fully saturated rings. The Balaban J connectivity index is 1.99. The van der Waals surface area contributed by atoms with Crippen LogP contribution in [0.4, 0.5) is 0 Å². The van der Waals surface area contributed by atoms with Gasteiger partial charge in [0.1, 0.15) is 29.7 Å². The molecule has 6 nitrogen and oxygen atoms in total. The fraction of sp³-hybridized carbons (Fsp3) is 0.389. The van der Waals surface area contributed by atoms with Gasteiger partial charge in [-0.1, -0.05) is 6.92 Å². The molecule has 0 amide bonds. The van der Waals surface area contributed by atoms with Crippen LogP contribution in [-0.2, 0) is 6.54 Å². The molecule has 2 rings (SSSR count). The summed E-state index contributed by atoms with van der Waals surface area (Å²) < 4.78 is 12.4. The normalized spacial score (nSPS) is 10.2. The number of nitriles is 1. The Labute approximate surface area is 141 Å². The Bertz CT molecular complexity index is 789. The molecule has 0 spiro atoms. The average molecular weight is 327 g/mol. The van der Waals surface area contributed by atoms with Crippen molar-refractivity contribution in [2.45, 2.75) is 33.7 Å². The molecule has 0 atom stereocenters. The van der Waals surface area contributed by atoms with E-state index in [-0.39, 0.29) is 24.3 Å². The minimum absolute atomic E-state index is 0.139. The second-order valence-electron chi connectivity index (χ2n) is 5.39. The molecular weight excluding hydrogens is 306 g/mol. The van der Waals surface area contributed by atoms with Crippen molar-refractivity contribution in [3.8, 4) is 17.6 Å². The van der Waals surface area contributed by atoms with E-state index in [9.17, 15) is 4.79 Å². The van der Waals surface area contributed by atoms with Crippen LogP contribution in [0.25, 0.3) is 0 Å².